The zero-order chi connectivity index (χ0) is 37.5. The molecule has 0 amide bonds. The molecule has 0 aliphatic carbocycles. The standard InChI is InChI=1S/C45H80O6/c1-4-5-6-7-8-9-10-15-19-22-25-28-31-35-42(46)36-33-38-45(49)51-40-43(47)39-50-44(48)37-32-29-26-23-20-17-14-12-11-13-16-18-21-24-27-30-34-41(2)3/h8-9,15,19,25,28,31,35,41-43,46-47H,4-7,10-14,16-18,20-24,26-27,29-30,32-34,36-40H2,1-3H3/b9-8-,19-15-,28-25-,35-31+/t42-,43-/m1/s1. The molecule has 0 aliphatic heterocycles. The number of hydrogen-bond acceptors (Lipinski definition) is 6. The second kappa shape index (κ2) is 39.0. The van der Waals surface area contributed by atoms with Crippen LogP contribution in [0.25, 0.3) is 0 Å². The number of aliphatic hydroxyl groups is 2. The van der Waals surface area contributed by atoms with Gasteiger partial charge in [0.15, 0.2) is 0 Å². The fraction of sp³-hybridized carbons (Fsp3) is 0.778. The quantitative estimate of drug-likeness (QED) is 0.0288. The summed E-state index contributed by atoms with van der Waals surface area (Å²) in [7, 11) is 0. The maximum Gasteiger partial charge on any atom is 0.305 e. The molecule has 0 saturated heterocycles. The molecular weight excluding hydrogens is 636 g/mol. The van der Waals surface area contributed by atoms with Gasteiger partial charge in [0.2, 0.25) is 0 Å². The molecule has 0 unspecified atom stereocenters. The molecule has 0 bridgehead atoms. The van der Waals surface area contributed by atoms with Crippen LogP contribution < -0.4 is 0 Å². The van der Waals surface area contributed by atoms with Crippen LogP contribution in [-0.2, 0) is 19.1 Å². The van der Waals surface area contributed by atoms with Gasteiger partial charge in [0, 0.05) is 12.8 Å². The third-order valence-corrected chi connectivity index (χ3v) is 9.10. The number of aliphatic hydroxyl groups excluding tert-OH is 2. The summed E-state index contributed by atoms with van der Waals surface area (Å²) in [5.41, 5.74) is 0. The van der Waals surface area contributed by atoms with Gasteiger partial charge in [-0.15, -0.1) is 0 Å². The monoisotopic (exact) mass is 717 g/mol. The Balaban J connectivity index is 3.58. The third-order valence-electron chi connectivity index (χ3n) is 9.10. The number of carbonyl (C=O) groups is 2. The van der Waals surface area contributed by atoms with Crippen molar-refractivity contribution in [3.05, 3.63) is 48.6 Å². The zero-order valence-corrected chi connectivity index (χ0v) is 33.4. The summed E-state index contributed by atoms with van der Waals surface area (Å²) in [6, 6.07) is 0. The number of allylic oxidation sites excluding steroid dienone is 7. The molecular formula is C45H80O6. The lowest BCUT2D eigenvalue weighted by atomic mass is 10.0. The first-order valence-corrected chi connectivity index (χ1v) is 21.2. The van der Waals surface area contributed by atoms with Gasteiger partial charge in [0.05, 0.1) is 6.10 Å². The molecule has 0 heterocycles. The van der Waals surface area contributed by atoms with E-state index in [-0.39, 0.29) is 25.6 Å². The minimum atomic E-state index is -1.04. The SMILES string of the molecule is CCCCC/C=C\C/C=C\C/C=C\C=C\[C@@H](O)CCCC(=O)OC[C@H](O)COC(=O)CCCCCCCCCCCCCCCCCCC(C)C. The van der Waals surface area contributed by atoms with Gasteiger partial charge in [0.25, 0.3) is 0 Å². The van der Waals surface area contributed by atoms with E-state index in [1.165, 1.54) is 109 Å². The average Bonchev–Trinajstić information content (AvgIpc) is 3.11. The molecule has 0 aromatic carbocycles. The molecule has 2 N–H and O–H groups in total. The summed E-state index contributed by atoms with van der Waals surface area (Å²) >= 11 is 0. The van der Waals surface area contributed by atoms with Gasteiger partial charge in [-0.05, 0) is 50.9 Å². The van der Waals surface area contributed by atoms with Crippen molar-refractivity contribution in [2.24, 2.45) is 5.92 Å². The van der Waals surface area contributed by atoms with Crippen LogP contribution in [0.3, 0.4) is 0 Å². The van der Waals surface area contributed by atoms with Crippen LogP contribution in [0.15, 0.2) is 48.6 Å². The van der Waals surface area contributed by atoms with Crippen LogP contribution in [-0.4, -0.2) is 47.6 Å². The first-order valence-electron chi connectivity index (χ1n) is 21.2. The van der Waals surface area contributed by atoms with Crippen LogP contribution >= 0.6 is 0 Å². The van der Waals surface area contributed by atoms with E-state index in [9.17, 15) is 19.8 Å². The zero-order valence-electron chi connectivity index (χ0n) is 33.4. The van der Waals surface area contributed by atoms with Crippen molar-refractivity contribution in [2.75, 3.05) is 13.2 Å². The highest BCUT2D eigenvalue weighted by Crippen LogP contribution is 2.15. The molecule has 0 aromatic rings. The number of rotatable bonds is 37. The van der Waals surface area contributed by atoms with Crippen LogP contribution in [0.5, 0.6) is 0 Å². The molecule has 0 radical (unpaired) electrons. The highest BCUT2D eigenvalue weighted by atomic mass is 16.6. The lowest BCUT2D eigenvalue weighted by molar-refractivity contribution is -0.152. The molecule has 6 heteroatoms. The average molecular weight is 717 g/mol. The van der Waals surface area contributed by atoms with Crippen molar-refractivity contribution >= 4 is 11.9 Å². The Hall–Kier alpha value is -2.18. The van der Waals surface area contributed by atoms with E-state index >= 15 is 0 Å². The molecule has 51 heavy (non-hydrogen) atoms. The van der Waals surface area contributed by atoms with Crippen molar-refractivity contribution in [3.63, 3.8) is 0 Å². The second-order valence-corrected chi connectivity index (χ2v) is 14.8. The number of unbranched alkanes of at least 4 members (excludes halogenated alkanes) is 18. The molecule has 0 spiro atoms. The lowest BCUT2D eigenvalue weighted by Gasteiger charge is -2.12. The normalized spacial score (nSPS) is 13.4. The van der Waals surface area contributed by atoms with E-state index in [1.54, 1.807) is 6.08 Å². The van der Waals surface area contributed by atoms with Crippen molar-refractivity contribution < 1.29 is 29.3 Å². The van der Waals surface area contributed by atoms with Gasteiger partial charge < -0.3 is 19.7 Å². The minimum Gasteiger partial charge on any atom is -0.463 e. The van der Waals surface area contributed by atoms with Crippen molar-refractivity contribution in [1.82, 2.24) is 0 Å². The summed E-state index contributed by atoms with van der Waals surface area (Å²) in [5.74, 6) is 0.0950. The Morgan fingerprint density at radius 1 is 0.529 bits per heavy atom. The molecule has 0 rings (SSSR count). The van der Waals surface area contributed by atoms with Gasteiger partial charge in [-0.25, -0.2) is 0 Å². The van der Waals surface area contributed by atoms with Gasteiger partial charge in [-0.2, -0.15) is 0 Å². The highest BCUT2D eigenvalue weighted by Gasteiger charge is 2.12. The molecule has 0 aromatic heterocycles. The van der Waals surface area contributed by atoms with E-state index in [0.29, 0.717) is 19.3 Å². The number of ether oxygens (including phenoxy) is 2. The van der Waals surface area contributed by atoms with E-state index in [2.05, 4.69) is 45.1 Å². The van der Waals surface area contributed by atoms with E-state index < -0.39 is 18.2 Å². The topological polar surface area (TPSA) is 93.1 Å². The highest BCUT2D eigenvalue weighted by molar-refractivity contribution is 5.69. The summed E-state index contributed by atoms with van der Waals surface area (Å²) in [6.45, 7) is 6.47. The first-order chi connectivity index (χ1) is 24.8. The van der Waals surface area contributed by atoms with E-state index in [0.717, 1.165) is 44.4 Å². The predicted molar refractivity (Wildman–Crippen MR) is 216 cm³/mol. The van der Waals surface area contributed by atoms with Crippen molar-refractivity contribution in [2.45, 2.75) is 206 Å². The van der Waals surface area contributed by atoms with Crippen LogP contribution in [0.1, 0.15) is 194 Å². The summed E-state index contributed by atoms with van der Waals surface area (Å²) in [6.07, 6.45) is 44.9. The van der Waals surface area contributed by atoms with Gasteiger partial charge in [0.1, 0.15) is 19.3 Å². The molecule has 2 atom stereocenters. The van der Waals surface area contributed by atoms with Gasteiger partial charge >= 0.3 is 11.9 Å². The Morgan fingerprint density at radius 2 is 1.00 bits per heavy atom. The van der Waals surface area contributed by atoms with E-state index in [4.69, 9.17) is 9.47 Å². The maximum absolute atomic E-state index is 12.0. The van der Waals surface area contributed by atoms with Crippen LogP contribution in [0, 0.1) is 5.92 Å². The summed E-state index contributed by atoms with van der Waals surface area (Å²) in [5, 5.41) is 20.1. The van der Waals surface area contributed by atoms with Crippen LogP contribution in [0.4, 0.5) is 0 Å². The number of carbonyl (C=O) groups excluding carboxylic acids is 2. The molecule has 6 nitrogen and oxygen atoms in total. The molecule has 296 valence electrons. The maximum atomic E-state index is 12.0. The Kier molecular flexibility index (Phi) is 37.4. The summed E-state index contributed by atoms with van der Waals surface area (Å²) < 4.78 is 10.3. The number of hydrogen-bond donors (Lipinski definition) is 2. The number of esters is 2. The molecule has 0 fully saturated rings. The minimum absolute atomic E-state index is 0.157. The second-order valence-electron chi connectivity index (χ2n) is 14.8. The van der Waals surface area contributed by atoms with Crippen molar-refractivity contribution in [1.29, 1.82) is 0 Å². The Morgan fingerprint density at radius 3 is 1.53 bits per heavy atom. The molecule has 0 aliphatic rings. The molecule has 0 saturated carbocycles. The van der Waals surface area contributed by atoms with Gasteiger partial charge in [-0.1, -0.05) is 185 Å². The third kappa shape index (κ3) is 40.4. The fourth-order valence-corrected chi connectivity index (χ4v) is 5.84. The summed E-state index contributed by atoms with van der Waals surface area (Å²) in [4.78, 5) is 24.0. The smallest absolute Gasteiger partial charge is 0.305 e. The first kappa shape index (κ1) is 48.8. The van der Waals surface area contributed by atoms with Crippen LogP contribution in [0.2, 0.25) is 0 Å². The largest absolute Gasteiger partial charge is 0.463 e. The Bertz CT molecular complexity index is 889. The van der Waals surface area contributed by atoms with Gasteiger partial charge in [-0.3, -0.25) is 9.59 Å². The fourth-order valence-electron chi connectivity index (χ4n) is 5.84. The Labute approximate surface area is 314 Å². The van der Waals surface area contributed by atoms with Crippen molar-refractivity contribution in [3.8, 4) is 0 Å². The van der Waals surface area contributed by atoms with E-state index in [1.807, 2.05) is 18.2 Å². The predicted octanol–water partition coefficient (Wildman–Crippen LogP) is 12.2. The lowest BCUT2D eigenvalue weighted by Crippen LogP contribution is -2.25.